The van der Waals surface area contributed by atoms with E-state index < -0.39 is 10.0 Å². The van der Waals surface area contributed by atoms with E-state index in [2.05, 4.69) is 5.32 Å². The van der Waals surface area contributed by atoms with Gasteiger partial charge in [-0.1, -0.05) is 0 Å². The quantitative estimate of drug-likeness (QED) is 0.769. The van der Waals surface area contributed by atoms with Crippen LogP contribution in [-0.2, 0) is 21.2 Å². The van der Waals surface area contributed by atoms with E-state index in [-0.39, 0.29) is 18.4 Å². The summed E-state index contributed by atoms with van der Waals surface area (Å²) >= 11 is 1.18. The molecule has 1 aliphatic rings. The van der Waals surface area contributed by atoms with Gasteiger partial charge in [-0.3, -0.25) is 4.79 Å². The zero-order valence-corrected chi connectivity index (χ0v) is 14.4. The summed E-state index contributed by atoms with van der Waals surface area (Å²) in [4.78, 5) is 12.6. The molecule has 1 aromatic rings. The maximum Gasteiger partial charge on any atom is 0.252 e. The molecular formula is C14H23N3O3S2. The molecule has 0 aliphatic carbocycles. The van der Waals surface area contributed by atoms with Gasteiger partial charge in [0.2, 0.25) is 5.91 Å². The highest BCUT2D eigenvalue weighted by Gasteiger charge is 2.28. The van der Waals surface area contributed by atoms with E-state index >= 15 is 0 Å². The lowest BCUT2D eigenvalue weighted by atomic mass is 10.2. The predicted octanol–water partition coefficient (Wildman–Crippen LogP) is 0.929. The Morgan fingerprint density at radius 3 is 2.73 bits per heavy atom. The smallest absolute Gasteiger partial charge is 0.252 e. The molecule has 1 atom stereocenters. The molecule has 124 valence electrons. The molecule has 0 bridgehead atoms. The number of thiophene rings is 1. The standard InChI is InChI=1S/C14H23N3O3S2/c1-11(15)6-7-16-13(18)10-12-4-5-14(21-12)22(19,20)17-8-2-3-9-17/h4-5,11H,2-3,6-10,15H2,1H3,(H,16,18). The third kappa shape index (κ3) is 4.52. The number of carbonyl (C=O) groups excluding carboxylic acids is 1. The first-order chi connectivity index (χ1) is 10.4. The van der Waals surface area contributed by atoms with Crippen LogP contribution < -0.4 is 11.1 Å². The zero-order chi connectivity index (χ0) is 16.2. The van der Waals surface area contributed by atoms with Crippen LogP contribution in [0.4, 0.5) is 0 Å². The number of amides is 1. The average Bonchev–Trinajstić information content (AvgIpc) is 3.09. The molecule has 8 heteroatoms. The van der Waals surface area contributed by atoms with Crippen LogP contribution >= 0.6 is 11.3 Å². The second-order valence-electron chi connectivity index (χ2n) is 5.62. The molecule has 1 unspecified atom stereocenters. The van der Waals surface area contributed by atoms with E-state index in [1.54, 1.807) is 12.1 Å². The van der Waals surface area contributed by atoms with E-state index in [0.717, 1.165) is 24.1 Å². The van der Waals surface area contributed by atoms with Gasteiger partial charge in [-0.15, -0.1) is 11.3 Å². The van der Waals surface area contributed by atoms with Crippen LogP contribution in [0.25, 0.3) is 0 Å². The summed E-state index contributed by atoms with van der Waals surface area (Å²) < 4.78 is 26.7. The normalized spacial score (nSPS) is 17.5. The summed E-state index contributed by atoms with van der Waals surface area (Å²) in [6.07, 6.45) is 2.77. The van der Waals surface area contributed by atoms with E-state index in [1.165, 1.54) is 15.6 Å². The van der Waals surface area contributed by atoms with Gasteiger partial charge in [-0.05, 0) is 38.3 Å². The third-order valence-electron chi connectivity index (χ3n) is 3.55. The molecular weight excluding hydrogens is 322 g/mol. The molecule has 1 amide bonds. The van der Waals surface area contributed by atoms with Crippen LogP contribution in [0, 0.1) is 0 Å². The molecule has 2 heterocycles. The highest BCUT2D eigenvalue weighted by atomic mass is 32.2. The van der Waals surface area contributed by atoms with Crippen molar-refractivity contribution in [2.45, 2.75) is 42.9 Å². The molecule has 0 saturated carbocycles. The van der Waals surface area contributed by atoms with Gasteiger partial charge in [0.15, 0.2) is 0 Å². The van der Waals surface area contributed by atoms with Gasteiger partial charge in [0, 0.05) is 30.6 Å². The number of nitrogens with two attached hydrogens (primary N) is 1. The molecule has 1 aliphatic heterocycles. The topological polar surface area (TPSA) is 92.5 Å². The Hall–Kier alpha value is -0.960. The van der Waals surface area contributed by atoms with Gasteiger partial charge in [0.05, 0.1) is 6.42 Å². The van der Waals surface area contributed by atoms with E-state index in [9.17, 15) is 13.2 Å². The highest BCUT2D eigenvalue weighted by molar-refractivity contribution is 7.91. The molecule has 22 heavy (non-hydrogen) atoms. The van der Waals surface area contributed by atoms with Crippen molar-refractivity contribution in [3.05, 3.63) is 17.0 Å². The van der Waals surface area contributed by atoms with Crippen molar-refractivity contribution in [1.29, 1.82) is 0 Å². The van der Waals surface area contributed by atoms with Crippen LogP contribution in [0.3, 0.4) is 0 Å². The first kappa shape index (κ1) is 17.4. The Bertz CT molecular complexity index is 605. The van der Waals surface area contributed by atoms with Gasteiger partial charge in [0.1, 0.15) is 4.21 Å². The minimum Gasteiger partial charge on any atom is -0.356 e. The van der Waals surface area contributed by atoms with E-state index in [0.29, 0.717) is 23.8 Å². The van der Waals surface area contributed by atoms with Crippen molar-refractivity contribution in [3.63, 3.8) is 0 Å². The lowest BCUT2D eigenvalue weighted by Gasteiger charge is -2.13. The predicted molar refractivity (Wildman–Crippen MR) is 87.3 cm³/mol. The Kier molecular flexibility index (Phi) is 5.96. The van der Waals surface area contributed by atoms with Gasteiger partial charge in [-0.2, -0.15) is 4.31 Å². The first-order valence-corrected chi connectivity index (χ1v) is 9.76. The largest absolute Gasteiger partial charge is 0.356 e. The molecule has 2 rings (SSSR count). The second kappa shape index (κ2) is 7.54. The summed E-state index contributed by atoms with van der Waals surface area (Å²) in [6, 6.07) is 3.38. The Labute approximate surface area is 135 Å². The minimum absolute atomic E-state index is 0.0549. The summed E-state index contributed by atoms with van der Waals surface area (Å²) in [6.45, 7) is 3.61. The van der Waals surface area contributed by atoms with Crippen LogP contribution in [0.5, 0.6) is 0 Å². The fourth-order valence-electron chi connectivity index (χ4n) is 2.31. The molecule has 1 fully saturated rings. The lowest BCUT2D eigenvalue weighted by molar-refractivity contribution is -0.120. The van der Waals surface area contributed by atoms with Crippen molar-refractivity contribution in [2.24, 2.45) is 5.73 Å². The summed E-state index contributed by atoms with van der Waals surface area (Å²) in [7, 11) is -3.38. The van der Waals surface area contributed by atoms with Crippen molar-refractivity contribution in [1.82, 2.24) is 9.62 Å². The van der Waals surface area contributed by atoms with Crippen molar-refractivity contribution in [2.75, 3.05) is 19.6 Å². The maximum atomic E-state index is 12.4. The number of nitrogens with zero attached hydrogens (tertiary/aromatic N) is 1. The number of rotatable bonds is 7. The van der Waals surface area contributed by atoms with Gasteiger partial charge in [0.25, 0.3) is 10.0 Å². The molecule has 1 aromatic heterocycles. The van der Waals surface area contributed by atoms with Gasteiger partial charge < -0.3 is 11.1 Å². The monoisotopic (exact) mass is 345 g/mol. The summed E-state index contributed by atoms with van der Waals surface area (Å²) in [5.74, 6) is -0.104. The molecule has 6 nitrogen and oxygen atoms in total. The highest BCUT2D eigenvalue weighted by Crippen LogP contribution is 2.27. The van der Waals surface area contributed by atoms with Crippen molar-refractivity contribution >= 4 is 27.3 Å². The molecule has 3 N–H and O–H groups in total. The van der Waals surface area contributed by atoms with Crippen molar-refractivity contribution < 1.29 is 13.2 Å². The number of hydrogen-bond acceptors (Lipinski definition) is 5. The minimum atomic E-state index is -3.38. The summed E-state index contributed by atoms with van der Waals surface area (Å²) in [5, 5.41) is 2.79. The second-order valence-corrected chi connectivity index (χ2v) is 8.96. The van der Waals surface area contributed by atoms with Crippen LogP contribution in [-0.4, -0.2) is 44.3 Å². The number of carbonyl (C=O) groups is 1. The van der Waals surface area contributed by atoms with Gasteiger partial charge >= 0.3 is 0 Å². The Balaban J connectivity index is 1.92. The van der Waals surface area contributed by atoms with E-state index in [1.807, 2.05) is 6.92 Å². The van der Waals surface area contributed by atoms with Crippen LogP contribution in [0.15, 0.2) is 16.3 Å². The number of hydrogen-bond donors (Lipinski definition) is 2. The third-order valence-corrected chi connectivity index (χ3v) is 7.00. The molecule has 1 saturated heterocycles. The fraction of sp³-hybridized carbons (Fsp3) is 0.643. The van der Waals surface area contributed by atoms with E-state index in [4.69, 9.17) is 5.73 Å². The SMILES string of the molecule is CC(N)CCNC(=O)Cc1ccc(S(=O)(=O)N2CCCC2)s1. The molecule has 0 aromatic carbocycles. The Morgan fingerprint density at radius 2 is 2.09 bits per heavy atom. The van der Waals surface area contributed by atoms with Crippen LogP contribution in [0.2, 0.25) is 0 Å². The maximum absolute atomic E-state index is 12.4. The number of nitrogens with one attached hydrogen (secondary N) is 1. The lowest BCUT2D eigenvalue weighted by Crippen LogP contribution is -2.29. The first-order valence-electron chi connectivity index (χ1n) is 7.51. The Morgan fingerprint density at radius 1 is 1.41 bits per heavy atom. The number of sulfonamides is 1. The zero-order valence-electron chi connectivity index (χ0n) is 12.7. The molecule has 0 radical (unpaired) electrons. The van der Waals surface area contributed by atoms with Crippen molar-refractivity contribution in [3.8, 4) is 0 Å². The van der Waals surface area contributed by atoms with Gasteiger partial charge in [-0.25, -0.2) is 8.42 Å². The average molecular weight is 345 g/mol. The summed E-state index contributed by atoms with van der Waals surface area (Å²) in [5.41, 5.74) is 5.62. The van der Waals surface area contributed by atoms with Crippen LogP contribution in [0.1, 0.15) is 31.1 Å². The molecule has 0 spiro atoms. The fourth-order valence-corrected chi connectivity index (χ4v) is 5.33.